The van der Waals surface area contributed by atoms with Crippen molar-refractivity contribution in [3.63, 3.8) is 0 Å². The summed E-state index contributed by atoms with van der Waals surface area (Å²) in [5, 5.41) is 0. The summed E-state index contributed by atoms with van der Waals surface area (Å²) in [7, 11) is 0. The van der Waals surface area contributed by atoms with Gasteiger partial charge >= 0.3 is 0 Å². The largest absolute Gasteiger partial charge is 0.492 e. The van der Waals surface area contributed by atoms with E-state index in [2.05, 4.69) is 0 Å². The van der Waals surface area contributed by atoms with Crippen molar-refractivity contribution in [1.82, 2.24) is 4.90 Å². The second-order valence-corrected chi connectivity index (χ2v) is 4.73. The van der Waals surface area contributed by atoms with Crippen LogP contribution in [0.15, 0.2) is 54.6 Å². The Morgan fingerprint density at radius 1 is 1.10 bits per heavy atom. The normalized spacial score (nSPS) is 10.2. The Morgan fingerprint density at radius 2 is 1.76 bits per heavy atom. The van der Waals surface area contributed by atoms with Crippen LogP contribution in [0.5, 0.6) is 5.75 Å². The molecule has 0 atom stereocenters. The molecule has 0 aliphatic heterocycles. The number of para-hydroxylation sites is 1. The summed E-state index contributed by atoms with van der Waals surface area (Å²) in [6.45, 7) is 2.88. The number of carbonyl (C=O) groups is 1. The summed E-state index contributed by atoms with van der Waals surface area (Å²) >= 11 is 0. The molecule has 3 nitrogen and oxygen atoms in total. The first-order chi connectivity index (χ1) is 10.1. The topological polar surface area (TPSA) is 29.5 Å². The zero-order valence-electron chi connectivity index (χ0n) is 12.0. The van der Waals surface area contributed by atoms with Crippen molar-refractivity contribution in [1.29, 1.82) is 0 Å². The van der Waals surface area contributed by atoms with Gasteiger partial charge in [-0.25, -0.2) is 4.39 Å². The average molecular weight is 287 g/mol. The number of hydrogen-bond acceptors (Lipinski definition) is 2. The first kappa shape index (κ1) is 15.0. The molecule has 1 amide bonds. The van der Waals surface area contributed by atoms with Crippen molar-refractivity contribution in [2.24, 2.45) is 0 Å². The lowest BCUT2D eigenvalue weighted by Gasteiger charge is -2.21. The van der Waals surface area contributed by atoms with Crippen molar-refractivity contribution < 1.29 is 13.9 Å². The fraction of sp³-hybridized carbons (Fsp3) is 0.235. The lowest BCUT2D eigenvalue weighted by molar-refractivity contribution is -0.129. The number of carbonyl (C=O) groups excluding carboxylic acids is 1. The van der Waals surface area contributed by atoms with Crippen LogP contribution >= 0.6 is 0 Å². The minimum absolute atomic E-state index is 0.0315. The van der Waals surface area contributed by atoms with Crippen LogP contribution in [0.4, 0.5) is 4.39 Å². The van der Waals surface area contributed by atoms with Gasteiger partial charge in [-0.1, -0.05) is 30.3 Å². The van der Waals surface area contributed by atoms with Gasteiger partial charge in [-0.2, -0.15) is 0 Å². The number of amides is 1. The molecule has 0 fully saturated rings. The molecule has 0 spiro atoms. The van der Waals surface area contributed by atoms with E-state index in [1.165, 1.54) is 19.1 Å². The molecular weight excluding hydrogens is 269 g/mol. The van der Waals surface area contributed by atoms with E-state index in [1.54, 1.807) is 17.0 Å². The first-order valence-electron chi connectivity index (χ1n) is 6.83. The highest BCUT2D eigenvalue weighted by atomic mass is 19.1. The maximum atomic E-state index is 12.9. The zero-order valence-corrected chi connectivity index (χ0v) is 12.0. The number of benzene rings is 2. The van der Waals surface area contributed by atoms with Crippen LogP contribution in [0.2, 0.25) is 0 Å². The molecule has 0 saturated carbocycles. The Bertz CT molecular complexity index is 569. The fourth-order valence-corrected chi connectivity index (χ4v) is 1.95. The minimum atomic E-state index is -0.277. The lowest BCUT2D eigenvalue weighted by atomic mass is 10.2. The Morgan fingerprint density at radius 3 is 2.38 bits per heavy atom. The third-order valence-electron chi connectivity index (χ3n) is 3.11. The molecule has 2 rings (SSSR count). The second kappa shape index (κ2) is 7.43. The summed E-state index contributed by atoms with van der Waals surface area (Å²) in [6, 6.07) is 15.6. The van der Waals surface area contributed by atoms with Crippen LogP contribution < -0.4 is 4.74 Å². The van der Waals surface area contributed by atoms with E-state index in [0.29, 0.717) is 19.7 Å². The molecule has 0 radical (unpaired) electrons. The molecule has 0 heterocycles. The molecule has 2 aromatic carbocycles. The predicted octanol–water partition coefficient (Wildman–Crippen LogP) is 3.25. The van der Waals surface area contributed by atoms with E-state index in [4.69, 9.17) is 4.74 Å². The van der Waals surface area contributed by atoms with Gasteiger partial charge in [0.2, 0.25) is 5.91 Å². The summed E-state index contributed by atoms with van der Waals surface area (Å²) in [5.74, 6) is 0.472. The van der Waals surface area contributed by atoms with Crippen LogP contribution in [-0.4, -0.2) is 24.0 Å². The SMILES string of the molecule is CC(=O)N(CCOc1ccccc1)Cc1ccc(F)cc1. The maximum Gasteiger partial charge on any atom is 0.219 e. The average Bonchev–Trinajstić information content (AvgIpc) is 2.49. The number of halogens is 1. The molecule has 0 aliphatic carbocycles. The molecule has 0 unspecified atom stereocenters. The van der Waals surface area contributed by atoms with Gasteiger partial charge in [0.25, 0.3) is 0 Å². The smallest absolute Gasteiger partial charge is 0.219 e. The van der Waals surface area contributed by atoms with E-state index < -0.39 is 0 Å². The first-order valence-corrected chi connectivity index (χ1v) is 6.83. The second-order valence-electron chi connectivity index (χ2n) is 4.73. The van der Waals surface area contributed by atoms with E-state index in [1.807, 2.05) is 30.3 Å². The van der Waals surface area contributed by atoms with Crippen LogP contribution in [0.3, 0.4) is 0 Å². The Hall–Kier alpha value is -2.36. The molecule has 0 saturated heterocycles. The van der Waals surface area contributed by atoms with Crippen LogP contribution in [0.1, 0.15) is 12.5 Å². The van der Waals surface area contributed by atoms with Crippen molar-refractivity contribution in [2.45, 2.75) is 13.5 Å². The zero-order chi connectivity index (χ0) is 15.1. The minimum Gasteiger partial charge on any atom is -0.492 e. The third-order valence-corrected chi connectivity index (χ3v) is 3.11. The lowest BCUT2D eigenvalue weighted by Crippen LogP contribution is -2.32. The standard InChI is InChI=1S/C17H18FNO2/c1-14(20)19(13-15-7-9-16(18)10-8-15)11-12-21-17-5-3-2-4-6-17/h2-10H,11-13H2,1H3. The van der Waals surface area contributed by atoms with Crippen LogP contribution in [0.25, 0.3) is 0 Å². The highest BCUT2D eigenvalue weighted by molar-refractivity contribution is 5.73. The van der Waals surface area contributed by atoms with Gasteiger partial charge in [-0.15, -0.1) is 0 Å². The monoisotopic (exact) mass is 287 g/mol. The Labute approximate surface area is 124 Å². The molecule has 0 aliphatic rings. The fourth-order valence-electron chi connectivity index (χ4n) is 1.95. The van der Waals surface area contributed by atoms with Gasteiger partial charge in [0.1, 0.15) is 18.2 Å². The molecule has 0 N–H and O–H groups in total. The highest BCUT2D eigenvalue weighted by Gasteiger charge is 2.09. The van der Waals surface area contributed by atoms with Crippen LogP contribution in [-0.2, 0) is 11.3 Å². The molecule has 4 heteroatoms. The van der Waals surface area contributed by atoms with Gasteiger partial charge in [0, 0.05) is 13.5 Å². The molecule has 110 valence electrons. The summed E-state index contributed by atoms with van der Waals surface area (Å²) in [5.41, 5.74) is 0.895. The van der Waals surface area contributed by atoms with E-state index in [9.17, 15) is 9.18 Å². The number of rotatable bonds is 6. The highest BCUT2D eigenvalue weighted by Crippen LogP contribution is 2.10. The van der Waals surface area contributed by atoms with Crippen molar-refractivity contribution in [2.75, 3.05) is 13.2 Å². The van der Waals surface area contributed by atoms with Crippen molar-refractivity contribution >= 4 is 5.91 Å². The van der Waals surface area contributed by atoms with Gasteiger partial charge in [0.15, 0.2) is 0 Å². The van der Waals surface area contributed by atoms with Gasteiger partial charge in [-0.3, -0.25) is 4.79 Å². The number of ether oxygens (including phenoxy) is 1. The van der Waals surface area contributed by atoms with Crippen LogP contribution in [0, 0.1) is 5.82 Å². The maximum absolute atomic E-state index is 12.9. The Balaban J connectivity index is 1.87. The quantitative estimate of drug-likeness (QED) is 0.816. The molecule has 0 aromatic heterocycles. The van der Waals surface area contributed by atoms with E-state index in [0.717, 1.165) is 11.3 Å². The van der Waals surface area contributed by atoms with E-state index >= 15 is 0 Å². The van der Waals surface area contributed by atoms with Gasteiger partial charge < -0.3 is 9.64 Å². The summed E-state index contributed by atoms with van der Waals surface area (Å²) in [6.07, 6.45) is 0. The summed E-state index contributed by atoms with van der Waals surface area (Å²) < 4.78 is 18.5. The van der Waals surface area contributed by atoms with E-state index in [-0.39, 0.29) is 11.7 Å². The predicted molar refractivity (Wildman–Crippen MR) is 79.4 cm³/mol. The molecular formula is C17H18FNO2. The van der Waals surface area contributed by atoms with Gasteiger partial charge in [0.05, 0.1) is 6.54 Å². The molecule has 2 aromatic rings. The number of hydrogen-bond donors (Lipinski definition) is 0. The van der Waals surface area contributed by atoms with Crippen molar-refractivity contribution in [3.05, 3.63) is 66.0 Å². The third kappa shape index (κ3) is 4.91. The Kier molecular flexibility index (Phi) is 5.32. The van der Waals surface area contributed by atoms with Crippen molar-refractivity contribution in [3.8, 4) is 5.75 Å². The number of nitrogens with zero attached hydrogens (tertiary/aromatic N) is 1. The summed E-state index contributed by atoms with van der Waals surface area (Å²) in [4.78, 5) is 13.3. The molecule has 0 bridgehead atoms. The molecule has 21 heavy (non-hydrogen) atoms. The van der Waals surface area contributed by atoms with Gasteiger partial charge in [-0.05, 0) is 29.8 Å².